The molecule has 1 aromatic carbocycles. The Morgan fingerprint density at radius 2 is 2.11 bits per heavy atom. The van der Waals surface area contributed by atoms with Gasteiger partial charge < -0.3 is 20.7 Å². The Hall–Kier alpha value is -2.85. The topological polar surface area (TPSA) is 97.2 Å². The van der Waals surface area contributed by atoms with E-state index in [0.717, 1.165) is 28.5 Å². The lowest BCUT2D eigenvalue weighted by Gasteiger charge is -2.45. The molecule has 1 amide bonds. The van der Waals surface area contributed by atoms with Crippen LogP contribution in [0.5, 0.6) is 0 Å². The number of ether oxygens (including phenoxy) is 1. The van der Waals surface area contributed by atoms with Gasteiger partial charge in [0.05, 0.1) is 33.7 Å². The summed E-state index contributed by atoms with van der Waals surface area (Å²) in [6.07, 6.45) is 4.81. The number of aromatic nitrogens is 2. The number of anilines is 1. The quantitative estimate of drug-likeness (QED) is 0.247. The molecule has 3 N–H and O–H groups in total. The molecule has 0 saturated carbocycles. The van der Waals surface area contributed by atoms with Gasteiger partial charge in [-0.3, -0.25) is 0 Å². The molecule has 1 atom stereocenters. The fourth-order valence-corrected chi connectivity index (χ4v) is 5.35. The molecule has 1 unspecified atom stereocenters. The lowest BCUT2D eigenvalue weighted by molar-refractivity contribution is -0.0136. The third-order valence-corrected chi connectivity index (χ3v) is 7.24. The Morgan fingerprint density at radius 1 is 1.37 bits per heavy atom. The van der Waals surface area contributed by atoms with Crippen molar-refractivity contribution in [3.05, 3.63) is 57.5 Å². The van der Waals surface area contributed by atoms with Gasteiger partial charge in [-0.15, -0.1) is 0 Å². The third kappa shape index (κ3) is 6.40. The van der Waals surface area contributed by atoms with Crippen LogP contribution in [0, 0.1) is 11.7 Å². The second kappa shape index (κ2) is 10.7. The van der Waals surface area contributed by atoms with Crippen LogP contribution in [0.1, 0.15) is 53.0 Å². The Morgan fingerprint density at radius 3 is 2.79 bits per heavy atom. The molecule has 0 spiro atoms. The number of hydrogen-bond acceptors (Lipinski definition) is 5. The molecule has 1 aliphatic rings. The molecule has 1 fully saturated rings. The summed E-state index contributed by atoms with van der Waals surface area (Å²) in [5, 5.41) is 8.32. The van der Waals surface area contributed by atoms with Gasteiger partial charge in [0.15, 0.2) is 0 Å². The normalized spacial score (nSPS) is 18.1. The highest BCUT2D eigenvalue weighted by Gasteiger charge is 2.39. The predicted octanol–water partition coefficient (Wildman–Crippen LogP) is 6.76. The van der Waals surface area contributed by atoms with Crippen LogP contribution < -0.4 is 11.1 Å². The van der Waals surface area contributed by atoms with Crippen molar-refractivity contribution in [3.63, 3.8) is 0 Å². The van der Waals surface area contributed by atoms with E-state index in [2.05, 4.69) is 45.2 Å². The molecule has 11 heteroatoms. The van der Waals surface area contributed by atoms with E-state index in [1.807, 2.05) is 37.9 Å². The average molecular weight is 608 g/mol. The highest BCUT2D eigenvalue weighted by atomic mass is 79.9. The number of likely N-dealkylation sites (tertiary alicyclic amines) is 1. The highest BCUT2D eigenvalue weighted by molar-refractivity contribution is 9.10. The molecule has 38 heavy (non-hydrogen) atoms. The number of piperidine rings is 1. The molecule has 1 saturated heterocycles. The maximum Gasteiger partial charge on any atom is 0.410 e. The summed E-state index contributed by atoms with van der Waals surface area (Å²) in [4.78, 5) is 19.0. The lowest BCUT2D eigenvalue weighted by atomic mass is 9.83. The lowest BCUT2D eigenvalue weighted by Crippen LogP contribution is -2.54. The monoisotopic (exact) mass is 606 g/mol. The zero-order valence-electron chi connectivity index (χ0n) is 22.2. The third-order valence-electron chi connectivity index (χ3n) is 6.49. The highest BCUT2D eigenvalue weighted by Crippen LogP contribution is 2.34. The van der Waals surface area contributed by atoms with Crippen molar-refractivity contribution in [2.45, 2.75) is 58.6 Å². The number of nitrogens with two attached hydrogens (primary N) is 1. The number of halogens is 3. The first-order chi connectivity index (χ1) is 17.7. The number of amidine groups is 1. The number of carbonyl (C=O) groups is 1. The van der Waals surface area contributed by atoms with Crippen LogP contribution in [0.25, 0.3) is 5.52 Å². The Kier molecular flexibility index (Phi) is 7.95. The molecule has 8 nitrogen and oxygen atoms in total. The molecule has 204 valence electrons. The minimum absolute atomic E-state index is 0.160. The van der Waals surface area contributed by atoms with Gasteiger partial charge in [-0.05, 0) is 87.5 Å². The Labute approximate surface area is 235 Å². The van der Waals surface area contributed by atoms with E-state index in [4.69, 9.17) is 22.1 Å². The minimum Gasteiger partial charge on any atom is -0.444 e. The summed E-state index contributed by atoms with van der Waals surface area (Å²) in [6, 6.07) is 5.89. The average Bonchev–Trinajstić information content (AvgIpc) is 3.18. The zero-order valence-corrected chi connectivity index (χ0v) is 24.5. The van der Waals surface area contributed by atoms with Crippen molar-refractivity contribution in [2.75, 3.05) is 18.4 Å². The van der Waals surface area contributed by atoms with E-state index < -0.39 is 11.4 Å². The van der Waals surface area contributed by atoms with Gasteiger partial charge in [0.1, 0.15) is 17.3 Å². The summed E-state index contributed by atoms with van der Waals surface area (Å²) >= 11 is 9.73. The maximum absolute atomic E-state index is 13.8. The van der Waals surface area contributed by atoms with Crippen LogP contribution in [0.4, 0.5) is 20.6 Å². The number of nitrogens with one attached hydrogen (secondary N) is 1. The number of nitrogens with zero attached hydrogens (tertiary/aromatic N) is 4. The van der Waals surface area contributed by atoms with Crippen molar-refractivity contribution < 1.29 is 13.9 Å². The van der Waals surface area contributed by atoms with Crippen molar-refractivity contribution in [3.8, 4) is 0 Å². The Bertz CT molecular complexity index is 1380. The van der Waals surface area contributed by atoms with Gasteiger partial charge in [-0.2, -0.15) is 5.10 Å². The maximum atomic E-state index is 13.8. The molecule has 1 aliphatic heterocycles. The van der Waals surface area contributed by atoms with E-state index in [1.54, 1.807) is 10.7 Å². The van der Waals surface area contributed by atoms with Gasteiger partial charge >= 0.3 is 6.09 Å². The van der Waals surface area contributed by atoms with Crippen molar-refractivity contribution in [1.29, 1.82) is 0 Å². The predicted molar refractivity (Wildman–Crippen MR) is 153 cm³/mol. The van der Waals surface area contributed by atoms with Gasteiger partial charge in [-0.25, -0.2) is 18.7 Å². The number of carbonyl (C=O) groups excluding carboxylic acids is 1. The van der Waals surface area contributed by atoms with Crippen LogP contribution >= 0.6 is 27.5 Å². The van der Waals surface area contributed by atoms with Crippen LogP contribution in [0.15, 0.2) is 46.1 Å². The first kappa shape index (κ1) is 28.2. The molecular formula is C27H33BrClFN6O2. The van der Waals surface area contributed by atoms with Gasteiger partial charge in [0, 0.05) is 35.4 Å². The fraction of sp³-hybridized carbons (Fsp3) is 0.444. The van der Waals surface area contributed by atoms with Crippen LogP contribution in [-0.4, -0.2) is 50.7 Å². The first-order valence-corrected chi connectivity index (χ1v) is 13.6. The number of benzene rings is 1. The SMILES string of the molecule is CC(C)(C)OC(=O)N1CCC(CNc2c(C(N)=Nc3cc(F)ccc3Cl)cnn3cc(Br)cc23)CC1(C)C. The second-order valence-corrected chi connectivity index (χ2v) is 12.5. The number of fused-ring (bicyclic) bond motifs is 1. The zero-order chi connectivity index (χ0) is 27.8. The minimum atomic E-state index is -0.544. The van der Waals surface area contributed by atoms with E-state index in [1.165, 1.54) is 18.2 Å². The van der Waals surface area contributed by atoms with Crippen LogP contribution in [0.3, 0.4) is 0 Å². The fourth-order valence-electron chi connectivity index (χ4n) is 4.78. The van der Waals surface area contributed by atoms with Crippen molar-refractivity contribution >= 4 is 56.4 Å². The number of amides is 1. The number of rotatable bonds is 5. The summed E-state index contributed by atoms with van der Waals surface area (Å²) in [7, 11) is 0. The molecule has 0 bridgehead atoms. The van der Waals surface area contributed by atoms with Crippen LogP contribution in [-0.2, 0) is 4.74 Å². The largest absolute Gasteiger partial charge is 0.444 e. The van der Waals surface area contributed by atoms with E-state index in [0.29, 0.717) is 29.6 Å². The van der Waals surface area contributed by atoms with Gasteiger partial charge in [0.2, 0.25) is 0 Å². The summed E-state index contributed by atoms with van der Waals surface area (Å²) in [5.41, 5.74) is 7.88. The van der Waals surface area contributed by atoms with Crippen molar-refractivity contribution in [1.82, 2.24) is 14.5 Å². The van der Waals surface area contributed by atoms with E-state index in [9.17, 15) is 9.18 Å². The molecule has 4 rings (SSSR count). The second-order valence-electron chi connectivity index (χ2n) is 11.2. The molecule has 3 aromatic rings. The smallest absolute Gasteiger partial charge is 0.410 e. The molecule has 2 aromatic heterocycles. The first-order valence-electron chi connectivity index (χ1n) is 12.4. The van der Waals surface area contributed by atoms with Crippen molar-refractivity contribution in [2.24, 2.45) is 16.6 Å². The molecule has 0 radical (unpaired) electrons. The van der Waals surface area contributed by atoms with Gasteiger partial charge in [-0.1, -0.05) is 11.6 Å². The van der Waals surface area contributed by atoms with E-state index >= 15 is 0 Å². The molecule has 0 aliphatic carbocycles. The van der Waals surface area contributed by atoms with Crippen LogP contribution in [0.2, 0.25) is 5.02 Å². The molecular weight excluding hydrogens is 575 g/mol. The number of aliphatic imine (C=N–C) groups is 1. The standard InChI is InChI=1S/C27H33BrClFN6O2/c1-26(2,3)38-25(37)35-9-8-16(12-27(35,4)5)13-32-23-19(14-33-36-15-17(28)10-22(23)36)24(31)34-21-11-18(30)6-7-20(21)29/h6-7,10-11,14-16,32H,8-9,12-13H2,1-5H3,(H2,31,34). The number of hydrogen-bond donors (Lipinski definition) is 2. The summed E-state index contributed by atoms with van der Waals surface area (Å²) < 4.78 is 22.0. The summed E-state index contributed by atoms with van der Waals surface area (Å²) in [6.45, 7) is 11.0. The summed E-state index contributed by atoms with van der Waals surface area (Å²) in [5.74, 6) is -0.00452. The molecule has 3 heterocycles. The van der Waals surface area contributed by atoms with E-state index in [-0.39, 0.29) is 23.2 Å². The van der Waals surface area contributed by atoms with Gasteiger partial charge in [0.25, 0.3) is 0 Å². The Balaban J connectivity index is 1.58.